The molecule has 230 valence electrons. The maximum Gasteiger partial charge on any atom is 0.264 e. The van der Waals surface area contributed by atoms with Crippen LogP contribution in [0.5, 0.6) is 0 Å². The van der Waals surface area contributed by atoms with Gasteiger partial charge in [0.1, 0.15) is 12.6 Å². The molecule has 0 aliphatic carbocycles. The second kappa shape index (κ2) is 14.2. The molecular weight excluding hydrogens is 638 g/mol. The number of anilines is 1. The number of rotatable bonds is 11. The van der Waals surface area contributed by atoms with Gasteiger partial charge >= 0.3 is 0 Å². The number of amides is 2. The lowest BCUT2D eigenvalue weighted by Gasteiger charge is -2.35. The fourth-order valence-corrected chi connectivity index (χ4v) is 6.53. The molecule has 1 atom stereocenters. The van der Waals surface area contributed by atoms with Crippen LogP contribution >= 0.6 is 15.9 Å². The van der Waals surface area contributed by atoms with E-state index in [-0.39, 0.29) is 23.8 Å². The summed E-state index contributed by atoms with van der Waals surface area (Å²) in [5, 5.41) is 3.05. The number of carbonyl (C=O) groups excluding carboxylic acids is 2. The van der Waals surface area contributed by atoms with E-state index in [1.54, 1.807) is 42.5 Å². The van der Waals surface area contributed by atoms with Gasteiger partial charge in [-0.2, -0.15) is 0 Å². The van der Waals surface area contributed by atoms with Crippen LogP contribution in [0.1, 0.15) is 37.5 Å². The molecule has 0 bridgehead atoms. The minimum absolute atomic E-state index is 0.0625. The number of nitrogens with one attached hydrogen (secondary N) is 1. The molecule has 4 rings (SSSR count). The summed E-state index contributed by atoms with van der Waals surface area (Å²) in [4.78, 5) is 30.1. The molecule has 7 nitrogen and oxygen atoms in total. The summed E-state index contributed by atoms with van der Waals surface area (Å²) in [6.45, 7) is 7.24. The Morgan fingerprint density at radius 1 is 0.818 bits per heavy atom. The Hall–Kier alpha value is -3.95. The van der Waals surface area contributed by atoms with Crippen LogP contribution in [0.15, 0.2) is 119 Å². The SMILES string of the molecule is Cc1ccccc1CN(C(=O)CN(c1ccc(Br)cc1)S(=O)(=O)c1ccccc1)C(Cc1ccccc1)C(=O)NC(C)(C)C. The van der Waals surface area contributed by atoms with Crippen molar-refractivity contribution in [2.24, 2.45) is 0 Å². The molecule has 9 heteroatoms. The van der Waals surface area contributed by atoms with E-state index in [9.17, 15) is 18.0 Å². The minimum Gasteiger partial charge on any atom is -0.350 e. The van der Waals surface area contributed by atoms with Crippen molar-refractivity contribution < 1.29 is 18.0 Å². The highest BCUT2D eigenvalue weighted by atomic mass is 79.9. The maximum atomic E-state index is 14.5. The summed E-state index contributed by atoms with van der Waals surface area (Å²) < 4.78 is 30.0. The van der Waals surface area contributed by atoms with E-state index in [0.717, 1.165) is 25.5 Å². The van der Waals surface area contributed by atoms with Gasteiger partial charge in [0, 0.05) is 23.0 Å². The molecule has 0 heterocycles. The van der Waals surface area contributed by atoms with Crippen molar-refractivity contribution in [3.63, 3.8) is 0 Å². The highest BCUT2D eigenvalue weighted by Crippen LogP contribution is 2.27. The predicted octanol–water partition coefficient (Wildman–Crippen LogP) is 6.51. The van der Waals surface area contributed by atoms with Gasteiger partial charge in [-0.15, -0.1) is 0 Å². The summed E-state index contributed by atoms with van der Waals surface area (Å²) in [7, 11) is -4.14. The molecule has 0 aromatic heterocycles. The fourth-order valence-electron chi connectivity index (χ4n) is 4.83. The quantitative estimate of drug-likeness (QED) is 0.196. The molecule has 0 aliphatic rings. The van der Waals surface area contributed by atoms with Gasteiger partial charge in [0.2, 0.25) is 11.8 Å². The summed E-state index contributed by atoms with van der Waals surface area (Å²) in [6.07, 6.45) is 0.254. The van der Waals surface area contributed by atoms with Crippen LogP contribution in [-0.4, -0.2) is 43.3 Å². The van der Waals surface area contributed by atoms with Crippen molar-refractivity contribution in [3.05, 3.63) is 130 Å². The molecule has 1 unspecified atom stereocenters. The Balaban J connectivity index is 1.82. The van der Waals surface area contributed by atoms with Crippen LogP contribution in [0.25, 0.3) is 0 Å². The first-order valence-corrected chi connectivity index (χ1v) is 16.6. The molecule has 0 aliphatic heterocycles. The van der Waals surface area contributed by atoms with Crippen LogP contribution in [0.2, 0.25) is 0 Å². The molecule has 0 radical (unpaired) electrons. The number of aryl methyl sites for hydroxylation is 1. The lowest BCUT2D eigenvalue weighted by molar-refractivity contribution is -0.140. The van der Waals surface area contributed by atoms with Crippen molar-refractivity contribution in [2.75, 3.05) is 10.8 Å². The number of benzene rings is 4. The highest BCUT2D eigenvalue weighted by Gasteiger charge is 2.35. The van der Waals surface area contributed by atoms with E-state index in [2.05, 4.69) is 21.2 Å². The Labute approximate surface area is 269 Å². The Morgan fingerprint density at radius 3 is 1.98 bits per heavy atom. The van der Waals surface area contributed by atoms with E-state index >= 15 is 0 Å². The van der Waals surface area contributed by atoms with Crippen molar-refractivity contribution in [3.8, 4) is 0 Å². The third-order valence-corrected chi connectivity index (χ3v) is 9.41. The van der Waals surface area contributed by atoms with Gasteiger partial charge in [-0.05, 0) is 80.8 Å². The molecule has 0 saturated carbocycles. The Bertz CT molecular complexity index is 1670. The van der Waals surface area contributed by atoms with Gasteiger partial charge < -0.3 is 10.2 Å². The standard InChI is InChI=1S/C35H38BrN3O4S/c1-26-13-11-12-16-28(26)24-38(32(34(41)37-35(2,3)4)23-27-14-7-5-8-15-27)33(40)25-39(30-21-19-29(36)20-22-30)44(42,43)31-17-9-6-10-18-31/h5-22,32H,23-25H2,1-4H3,(H,37,41). The third kappa shape index (κ3) is 8.57. The number of carbonyl (C=O) groups is 2. The summed E-state index contributed by atoms with van der Waals surface area (Å²) in [5.41, 5.74) is 2.49. The number of hydrogen-bond donors (Lipinski definition) is 1. The first-order valence-electron chi connectivity index (χ1n) is 14.4. The van der Waals surface area contributed by atoms with Crippen molar-refractivity contribution in [1.29, 1.82) is 0 Å². The van der Waals surface area contributed by atoms with Gasteiger partial charge in [-0.1, -0.05) is 88.7 Å². The molecule has 4 aromatic carbocycles. The molecule has 2 amide bonds. The topological polar surface area (TPSA) is 86.8 Å². The summed E-state index contributed by atoms with van der Waals surface area (Å²) in [5.74, 6) is -0.815. The largest absolute Gasteiger partial charge is 0.350 e. The first-order chi connectivity index (χ1) is 20.8. The monoisotopic (exact) mass is 675 g/mol. The third-order valence-electron chi connectivity index (χ3n) is 7.10. The fraction of sp³-hybridized carbons (Fsp3) is 0.257. The zero-order valence-corrected chi connectivity index (χ0v) is 27.8. The van der Waals surface area contributed by atoms with Crippen LogP contribution in [-0.2, 0) is 32.6 Å². The van der Waals surface area contributed by atoms with E-state index in [4.69, 9.17) is 0 Å². The van der Waals surface area contributed by atoms with Gasteiger partial charge in [-0.3, -0.25) is 13.9 Å². The summed E-state index contributed by atoms with van der Waals surface area (Å²) in [6, 6.07) is 31.1. The zero-order chi connectivity index (χ0) is 31.9. The summed E-state index contributed by atoms with van der Waals surface area (Å²) >= 11 is 3.41. The lowest BCUT2D eigenvalue weighted by atomic mass is 10.00. The predicted molar refractivity (Wildman–Crippen MR) is 179 cm³/mol. The second-order valence-electron chi connectivity index (χ2n) is 11.7. The highest BCUT2D eigenvalue weighted by molar-refractivity contribution is 9.10. The van der Waals surface area contributed by atoms with Crippen molar-refractivity contribution in [2.45, 2.75) is 57.1 Å². The van der Waals surface area contributed by atoms with Crippen LogP contribution in [0.3, 0.4) is 0 Å². The number of nitrogens with zero attached hydrogens (tertiary/aromatic N) is 2. The average Bonchev–Trinajstić information content (AvgIpc) is 2.99. The molecule has 1 N–H and O–H groups in total. The van der Waals surface area contributed by atoms with Crippen LogP contribution < -0.4 is 9.62 Å². The zero-order valence-electron chi connectivity index (χ0n) is 25.4. The normalized spacial score (nSPS) is 12.3. The molecule has 0 saturated heterocycles. The smallest absolute Gasteiger partial charge is 0.264 e. The molecule has 4 aromatic rings. The second-order valence-corrected chi connectivity index (χ2v) is 14.5. The van der Waals surface area contributed by atoms with Crippen LogP contribution in [0.4, 0.5) is 5.69 Å². The molecule has 44 heavy (non-hydrogen) atoms. The average molecular weight is 677 g/mol. The lowest BCUT2D eigenvalue weighted by Crippen LogP contribution is -2.56. The van der Waals surface area contributed by atoms with Gasteiger partial charge in [0.15, 0.2) is 0 Å². The Morgan fingerprint density at radius 2 is 1.39 bits per heavy atom. The Kier molecular flexibility index (Phi) is 10.7. The number of sulfonamides is 1. The molecule has 0 fully saturated rings. The molecular formula is C35H38BrN3O4S. The van der Waals surface area contributed by atoms with Gasteiger partial charge in [0.25, 0.3) is 10.0 Å². The minimum atomic E-state index is -4.14. The number of hydrogen-bond acceptors (Lipinski definition) is 4. The van der Waals surface area contributed by atoms with Crippen molar-refractivity contribution >= 4 is 43.5 Å². The van der Waals surface area contributed by atoms with E-state index < -0.39 is 34.1 Å². The van der Waals surface area contributed by atoms with Crippen molar-refractivity contribution in [1.82, 2.24) is 10.2 Å². The van der Waals surface area contributed by atoms with E-state index in [1.165, 1.54) is 17.0 Å². The van der Waals surface area contributed by atoms with Gasteiger partial charge in [-0.25, -0.2) is 8.42 Å². The number of halogens is 1. The first kappa shape index (κ1) is 33.0. The van der Waals surface area contributed by atoms with Gasteiger partial charge in [0.05, 0.1) is 10.6 Å². The van der Waals surface area contributed by atoms with E-state index in [1.807, 2.05) is 82.3 Å². The maximum absolute atomic E-state index is 14.5. The molecule has 0 spiro atoms. The van der Waals surface area contributed by atoms with Crippen LogP contribution in [0, 0.1) is 6.92 Å². The van der Waals surface area contributed by atoms with E-state index in [0.29, 0.717) is 5.69 Å².